The number of hydrogen-bond acceptors (Lipinski definition) is 1. The van der Waals surface area contributed by atoms with Crippen LogP contribution in [0.4, 0.5) is 0 Å². The maximum Gasteiger partial charge on any atom is 0.249 e. The number of nitrogens with zero attached hydrogens (tertiary/aromatic N) is 1. The van der Waals surface area contributed by atoms with Gasteiger partial charge in [0.25, 0.3) is 0 Å². The van der Waals surface area contributed by atoms with Gasteiger partial charge in [0.05, 0.1) is 0 Å². The Bertz CT molecular complexity index is 194. The highest BCUT2D eigenvalue weighted by molar-refractivity contribution is 5.94. The molecule has 0 aliphatic heterocycles. The van der Waals surface area contributed by atoms with Crippen molar-refractivity contribution in [1.82, 2.24) is 4.90 Å². The molecule has 1 aliphatic rings. The number of allylic oxidation sites excluding steroid dienone is 1. The molecule has 0 saturated heterocycles. The van der Waals surface area contributed by atoms with E-state index in [-0.39, 0.29) is 5.91 Å². The Hall–Kier alpha value is -0.790. The molecular formula is C9H15NO. The summed E-state index contributed by atoms with van der Waals surface area (Å²) in [5.74, 6) is 0.200. The molecule has 0 N–H and O–H groups in total. The smallest absolute Gasteiger partial charge is 0.249 e. The van der Waals surface area contributed by atoms with Crippen molar-refractivity contribution in [3.63, 3.8) is 0 Å². The maximum atomic E-state index is 11.4. The van der Waals surface area contributed by atoms with Crippen molar-refractivity contribution in [2.24, 2.45) is 0 Å². The zero-order valence-corrected chi connectivity index (χ0v) is 7.42. The molecule has 0 aromatic heterocycles. The van der Waals surface area contributed by atoms with Gasteiger partial charge >= 0.3 is 0 Å². The molecule has 1 rings (SSSR count). The Morgan fingerprint density at radius 1 is 1.64 bits per heavy atom. The van der Waals surface area contributed by atoms with Gasteiger partial charge in [-0.2, -0.15) is 0 Å². The zero-order chi connectivity index (χ0) is 8.43. The minimum absolute atomic E-state index is 0.200. The van der Waals surface area contributed by atoms with Gasteiger partial charge in [0.15, 0.2) is 0 Å². The van der Waals surface area contributed by atoms with Crippen molar-refractivity contribution < 1.29 is 4.79 Å². The molecule has 0 heterocycles. The molecule has 0 aromatic rings. The maximum absolute atomic E-state index is 11.4. The normalized spacial score (nSPS) is 15.8. The first-order valence-electron chi connectivity index (χ1n) is 4.09. The molecule has 1 amide bonds. The quantitative estimate of drug-likeness (QED) is 0.589. The minimum Gasteiger partial charge on any atom is -0.340 e. The first kappa shape index (κ1) is 8.31. The van der Waals surface area contributed by atoms with Gasteiger partial charge in [-0.1, -0.05) is 6.08 Å². The minimum atomic E-state index is 0.200. The lowest BCUT2D eigenvalue weighted by molar-refractivity contribution is -0.127. The lowest BCUT2D eigenvalue weighted by Crippen LogP contribution is -2.35. The van der Waals surface area contributed by atoms with Gasteiger partial charge in [0.1, 0.15) is 0 Å². The Morgan fingerprint density at radius 2 is 2.18 bits per heavy atom. The molecule has 2 heteroatoms. The molecule has 0 atom stereocenters. The summed E-state index contributed by atoms with van der Waals surface area (Å²) in [6.45, 7) is 4.05. The Kier molecular flexibility index (Phi) is 2.32. The van der Waals surface area contributed by atoms with Crippen LogP contribution < -0.4 is 0 Å². The van der Waals surface area contributed by atoms with E-state index in [0.717, 1.165) is 18.4 Å². The third kappa shape index (κ3) is 1.62. The van der Waals surface area contributed by atoms with Crippen LogP contribution in [0.1, 0.15) is 26.7 Å². The Labute approximate surface area is 67.9 Å². The number of rotatable bonds is 2. The van der Waals surface area contributed by atoms with Gasteiger partial charge in [-0.15, -0.1) is 0 Å². The van der Waals surface area contributed by atoms with E-state index < -0.39 is 0 Å². The van der Waals surface area contributed by atoms with E-state index in [2.05, 4.69) is 0 Å². The van der Waals surface area contributed by atoms with Crippen molar-refractivity contribution in [2.45, 2.75) is 32.7 Å². The number of carbonyl (C=O) groups excluding carboxylic acids is 1. The van der Waals surface area contributed by atoms with Crippen molar-refractivity contribution in [3.8, 4) is 0 Å². The lowest BCUT2D eigenvalue weighted by atomic mass is 9.97. The van der Waals surface area contributed by atoms with Gasteiger partial charge in [0, 0.05) is 18.7 Å². The largest absolute Gasteiger partial charge is 0.340 e. The first-order valence-corrected chi connectivity index (χ1v) is 4.09. The third-order valence-electron chi connectivity index (χ3n) is 2.17. The molecule has 2 nitrogen and oxygen atoms in total. The summed E-state index contributed by atoms with van der Waals surface area (Å²) in [5.41, 5.74) is 0.987. The highest BCUT2D eigenvalue weighted by Gasteiger charge is 2.19. The summed E-state index contributed by atoms with van der Waals surface area (Å²) >= 11 is 0. The molecule has 0 unspecified atom stereocenters. The predicted octanol–water partition coefficient (Wildman–Crippen LogP) is 1.57. The number of amides is 1. The summed E-state index contributed by atoms with van der Waals surface area (Å²) in [7, 11) is 1.85. The monoisotopic (exact) mass is 153 g/mol. The number of hydrogen-bond donors (Lipinski definition) is 0. The van der Waals surface area contributed by atoms with E-state index in [4.69, 9.17) is 0 Å². The summed E-state index contributed by atoms with van der Waals surface area (Å²) in [4.78, 5) is 13.2. The van der Waals surface area contributed by atoms with Crippen LogP contribution in [0.3, 0.4) is 0 Å². The van der Waals surface area contributed by atoms with Crippen LogP contribution >= 0.6 is 0 Å². The summed E-state index contributed by atoms with van der Waals surface area (Å²) < 4.78 is 0. The molecule has 0 aromatic carbocycles. The van der Waals surface area contributed by atoms with Gasteiger partial charge in [-0.05, 0) is 26.7 Å². The molecule has 0 saturated carbocycles. The zero-order valence-electron chi connectivity index (χ0n) is 7.42. The summed E-state index contributed by atoms with van der Waals surface area (Å²) in [6.07, 6.45) is 4.06. The van der Waals surface area contributed by atoms with Gasteiger partial charge in [0.2, 0.25) is 5.91 Å². The van der Waals surface area contributed by atoms with E-state index in [0.29, 0.717) is 6.04 Å². The number of carbonyl (C=O) groups is 1. The van der Waals surface area contributed by atoms with Gasteiger partial charge in [-0.25, -0.2) is 0 Å². The van der Waals surface area contributed by atoms with Crippen molar-refractivity contribution in [1.29, 1.82) is 0 Å². The van der Waals surface area contributed by atoms with Crippen LogP contribution in [0, 0.1) is 0 Å². The van der Waals surface area contributed by atoms with E-state index in [1.165, 1.54) is 0 Å². The molecule has 11 heavy (non-hydrogen) atoms. The second kappa shape index (κ2) is 3.07. The third-order valence-corrected chi connectivity index (χ3v) is 2.17. The SMILES string of the molecule is CC(C)N(C)C(=O)C1=CCC1. The molecule has 1 aliphatic carbocycles. The van der Waals surface area contributed by atoms with E-state index in [1.807, 2.05) is 27.0 Å². The van der Waals surface area contributed by atoms with Gasteiger partial charge in [-0.3, -0.25) is 4.79 Å². The average molecular weight is 153 g/mol. The fraction of sp³-hybridized carbons (Fsp3) is 0.667. The molecule has 0 radical (unpaired) electrons. The highest BCUT2D eigenvalue weighted by atomic mass is 16.2. The van der Waals surface area contributed by atoms with Crippen LogP contribution in [-0.4, -0.2) is 23.9 Å². The summed E-state index contributed by atoms with van der Waals surface area (Å²) in [5, 5.41) is 0. The molecular weight excluding hydrogens is 138 g/mol. The molecule has 62 valence electrons. The first-order chi connectivity index (χ1) is 5.13. The van der Waals surface area contributed by atoms with Crippen molar-refractivity contribution in [3.05, 3.63) is 11.6 Å². The number of likely N-dealkylation sites (N-methyl/N-ethyl adjacent to an activating group) is 1. The fourth-order valence-corrected chi connectivity index (χ4v) is 0.944. The molecule has 0 fully saturated rings. The average Bonchev–Trinajstić information content (AvgIpc) is 1.82. The van der Waals surface area contributed by atoms with E-state index in [9.17, 15) is 4.79 Å². The van der Waals surface area contributed by atoms with Crippen LogP contribution in [0.15, 0.2) is 11.6 Å². The second-order valence-corrected chi connectivity index (χ2v) is 3.28. The second-order valence-electron chi connectivity index (χ2n) is 3.28. The lowest BCUT2D eigenvalue weighted by Gasteiger charge is -2.25. The van der Waals surface area contributed by atoms with Crippen LogP contribution in [0.25, 0.3) is 0 Å². The van der Waals surface area contributed by atoms with Gasteiger partial charge < -0.3 is 4.90 Å². The Morgan fingerprint density at radius 3 is 2.45 bits per heavy atom. The summed E-state index contributed by atoms with van der Waals surface area (Å²) in [6, 6.07) is 0.309. The molecule has 0 bridgehead atoms. The highest BCUT2D eigenvalue weighted by Crippen LogP contribution is 2.20. The van der Waals surface area contributed by atoms with Crippen LogP contribution in [-0.2, 0) is 4.79 Å². The van der Waals surface area contributed by atoms with E-state index in [1.54, 1.807) is 4.90 Å². The standard InChI is InChI=1S/C9H15NO/c1-7(2)10(3)9(11)8-5-4-6-8/h5,7H,4,6H2,1-3H3. The van der Waals surface area contributed by atoms with Crippen LogP contribution in [0.2, 0.25) is 0 Å². The topological polar surface area (TPSA) is 20.3 Å². The van der Waals surface area contributed by atoms with Crippen molar-refractivity contribution in [2.75, 3.05) is 7.05 Å². The predicted molar refractivity (Wildman–Crippen MR) is 45.2 cm³/mol. The van der Waals surface area contributed by atoms with Crippen molar-refractivity contribution >= 4 is 5.91 Å². The molecule has 0 spiro atoms. The van der Waals surface area contributed by atoms with Crippen LogP contribution in [0.5, 0.6) is 0 Å². The van der Waals surface area contributed by atoms with E-state index >= 15 is 0 Å². The fourth-order valence-electron chi connectivity index (χ4n) is 0.944. The Balaban J connectivity index is 2.53.